The minimum Gasteiger partial charge on any atom is -0.497 e. The molecule has 0 saturated carbocycles. The molecule has 0 bridgehead atoms. The third-order valence-corrected chi connectivity index (χ3v) is 7.72. The Bertz CT molecular complexity index is 1340. The first-order chi connectivity index (χ1) is 18.1. The largest absolute Gasteiger partial charge is 0.497 e. The standard InChI is InChI=1S/C28H35N7OS/c1-5-22-19-34(15-13-29-22)24-8-6-23(7-9-24)31-28-30-17-20-12-14-35(27(20)32-28)18-21-16-25(36-3)10-11-26(21)33(2)37-4/h6-12,14,16-17,22,29H,5,13,15,18-19H2,1-4H3,(H,30,31,32). The van der Waals surface area contributed by atoms with Crippen molar-refractivity contribution in [1.29, 1.82) is 0 Å². The van der Waals surface area contributed by atoms with Crippen LogP contribution in [0.15, 0.2) is 60.9 Å². The van der Waals surface area contributed by atoms with Crippen molar-refractivity contribution in [2.75, 3.05) is 54.6 Å². The molecule has 2 aromatic carbocycles. The van der Waals surface area contributed by atoms with Gasteiger partial charge in [-0.2, -0.15) is 4.98 Å². The number of aromatic nitrogens is 3. The van der Waals surface area contributed by atoms with Gasteiger partial charge in [-0.3, -0.25) is 0 Å². The number of benzene rings is 2. The van der Waals surface area contributed by atoms with E-state index in [4.69, 9.17) is 9.72 Å². The maximum Gasteiger partial charge on any atom is 0.229 e. The highest BCUT2D eigenvalue weighted by Gasteiger charge is 2.18. The lowest BCUT2D eigenvalue weighted by Crippen LogP contribution is -2.50. The Morgan fingerprint density at radius 2 is 2.03 bits per heavy atom. The molecule has 4 aromatic rings. The van der Waals surface area contributed by atoms with Crippen molar-refractivity contribution >= 4 is 46.0 Å². The Morgan fingerprint density at radius 3 is 2.78 bits per heavy atom. The maximum atomic E-state index is 5.50. The molecule has 1 unspecified atom stereocenters. The van der Waals surface area contributed by atoms with E-state index in [9.17, 15) is 0 Å². The fourth-order valence-electron chi connectivity index (χ4n) is 4.78. The molecule has 37 heavy (non-hydrogen) atoms. The van der Waals surface area contributed by atoms with Gasteiger partial charge < -0.3 is 29.1 Å². The molecule has 0 aliphatic carbocycles. The molecule has 1 fully saturated rings. The summed E-state index contributed by atoms with van der Waals surface area (Å²) in [5.74, 6) is 1.43. The number of fused-ring (bicyclic) bond motifs is 1. The van der Waals surface area contributed by atoms with Gasteiger partial charge in [0, 0.05) is 68.1 Å². The fourth-order valence-corrected chi connectivity index (χ4v) is 5.16. The van der Waals surface area contributed by atoms with E-state index in [2.05, 4.69) is 98.3 Å². The predicted molar refractivity (Wildman–Crippen MR) is 156 cm³/mol. The van der Waals surface area contributed by atoms with Gasteiger partial charge in [-0.1, -0.05) is 18.9 Å². The van der Waals surface area contributed by atoms with Crippen molar-refractivity contribution in [2.45, 2.75) is 25.9 Å². The molecule has 2 N–H and O–H groups in total. The molecule has 194 valence electrons. The lowest BCUT2D eigenvalue weighted by atomic mass is 10.1. The number of nitrogens with zero attached hydrogens (tertiary/aromatic N) is 5. The Balaban J connectivity index is 1.35. The third kappa shape index (κ3) is 5.62. The lowest BCUT2D eigenvalue weighted by Gasteiger charge is -2.35. The van der Waals surface area contributed by atoms with Crippen molar-refractivity contribution in [3.05, 3.63) is 66.5 Å². The monoisotopic (exact) mass is 517 g/mol. The zero-order chi connectivity index (χ0) is 25.8. The second kappa shape index (κ2) is 11.3. The van der Waals surface area contributed by atoms with Crippen LogP contribution in [0.25, 0.3) is 11.0 Å². The van der Waals surface area contributed by atoms with Crippen molar-refractivity contribution in [3.63, 3.8) is 0 Å². The summed E-state index contributed by atoms with van der Waals surface area (Å²) in [6.07, 6.45) is 7.16. The molecule has 1 saturated heterocycles. The number of rotatable bonds is 9. The summed E-state index contributed by atoms with van der Waals surface area (Å²) in [5.41, 5.74) is 5.43. The predicted octanol–water partition coefficient (Wildman–Crippen LogP) is 5.13. The number of anilines is 4. The van der Waals surface area contributed by atoms with Crippen LogP contribution in [0.5, 0.6) is 5.75 Å². The second-order valence-electron chi connectivity index (χ2n) is 9.27. The molecule has 1 atom stereocenters. The number of piperazine rings is 1. The highest BCUT2D eigenvalue weighted by atomic mass is 32.2. The summed E-state index contributed by atoms with van der Waals surface area (Å²) >= 11 is 1.68. The molecule has 9 heteroatoms. The van der Waals surface area contributed by atoms with E-state index >= 15 is 0 Å². The van der Waals surface area contributed by atoms with Crippen molar-refractivity contribution < 1.29 is 4.74 Å². The molecule has 3 heterocycles. The van der Waals surface area contributed by atoms with Gasteiger partial charge in [-0.25, -0.2) is 4.98 Å². The van der Waals surface area contributed by atoms with Crippen LogP contribution >= 0.6 is 11.9 Å². The number of hydrogen-bond donors (Lipinski definition) is 2. The van der Waals surface area contributed by atoms with Gasteiger partial charge >= 0.3 is 0 Å². The summed E-state index contributed by atoms with van der Waals surface area (Å²) in [4.78, 5) is 11.9. The van der Waals surface area contributed by atoms with Gasteiger partial charge in [0.25, 0.3) is 0 Å². The molecule has 0 spiro atoms. The van der Waals surface area contributed by atoms with Gasteiger partial charge in [0.05, 0.1) is 19.3 Å². The zero-order valence-electron chi connectivity index (χ0n) is 21.9. The number of nitrogens with one attached hydrogen (secondary N) is 2. The van der Waals surface area contributed by atoms with E-state index in [0.717, 1.165) is 59.8 Å². The molecular formula is C28H35N7OS. The topological polar surface area (TPSA) is 70.5 Å². The van der Waals surface area contributed by atoms with Crippen LogP contribution in [0, 0.1) is 0 Å². The average Bonchev–Trinajstić information content (AvgIpc) is 3.34. The molecular weight excluding hydrogens is 482 g/mol. The molecule has 2 aromatic heterocycles. The number of methoxy groups -OCH3 is 1. The maximum absolute atomic E-state index is 5.50. The molecule has 8 nitrogen and oxygen atoms in total. The zero-order valence-corrected chi connectivity index (χ0v) is 22.8. The van der Waals surface area contributed by atoms with E-state index in [0.29, 0.717) is 18.5 Å². The quantitative estimate of drug-likeness (QED) is 0.296. The Morgan fingerprint density at radius 1 is 1.19 bits per heavy atom. The molecule has 0 radical (unpaired) electrons. The highest BCUT2D eigenvalue weighted by molar-refractivity contribution is 7.99. The minimum absolute atomic E-state index is 0.553. The van der Waals surface area contributed by atoms with Crippen molar-refractivity contribution in [2.24, 2.45) is 0 Å². The molecule has 0 amide bonds. The average molecular weight is 518 g/mol. The summed E-state index contributed by atoms with van der Waals surface area (Å²) in [7, 11) is 3.77. The van der Waals surface area contributed by atoms with Gasteiger partial charge in [0.15, 0.2) is 0 Å². The Kier molecular flexibility index (Phi) is 7.71. The van der Waals surface area contributed by atoms with Crippen molar-refractivity contribution in [3.8, 4) is 5.75 Å². The van der Waals surface area contributed by atoms with E-state index in [1.807, 2.05) is 12.3 Å². The lowest BCUT2D eigenvalue weighted by molar-refractivity contribution is 0.414. The van der Waals surface area contributed by atoms with E-state index in [1.165, 1.54) is 5.69 Å². The van der Waals surface area contributed by atoms with Gasteiger partial charge in [-0.15, -0.1) is 0 Å². The van der Waals surface area contributed by atoms with Gasteiger partial charge in [0.2, 0.25) is 5.95 Å². The van der Waals surface area contributed by atoms with Crippen LogP contribution in [0.2, 0.25) is 0 Å². The van der Waals surface area contributed by atoms with E-state index < -0.39 is 0 Å². The Labute approximate surface area is 223 Å². The van der Waals surface area contributed by atoms with Crippen LogP contribution in [0.4, 0.5) is 23.0 Å². The summed E-state index contributed by atoms with van der Waals surface area (Å²) < 4.78 is 9.82. The first-order valence-corrected chi connectivity index (χ1v) is 13.9. The molecule has 5 rings (SSSR count). The third-order valence-electron chi connectivity index (χ3n) is 6.98. The second-order valence-corrected chi connectivity index (χ2v) is 10.2. The Hall–Kier alpha value is -3.43. The van der Waals surface area contributed by atoms with Crippen LogP contribution in [-0.4, -0.2) is 60.6 Å². The normalized spacial score (nSPS) is 15.7. The first-order valence-electron chi connectivity index (χ1n) is 12.7. The van der Waals surface area contributed by atoms with Gasteiger partial charge in [-0.05, 0) is 60.5 Å². The summed E-state index contributed by atoms with van der Waals surface area (Å²) in [6.45, 7) is 6.01. The van der Waals surface area contributed by atoms with Crippen LogP contribution in [0.3, 0.4) is 0 Å². The summed E-state index contributed by atoms with van der Waals surface area (Å²) in [6, 6.07) is 17.4. The minimum atomic E-state index is 0.553. The number of hydrogen-bond acceptors (Lipinski definition) is 8. The molecule has 1 aliphatic rings. The van der Waals surface area contributed by atoms with Crippen molar-refractivity contribution in [1.82, 2.24) is 19.9 Å². The number of ether oxygens (including phenoxy) is 1. The van der Waals surface area contributed by atoms with E-state index in [-0.39, 0.29) is 0 Å². The van der Waals surface area contributed by atoms with Crippen LogP contribution < -0.4 is 24.6 Å². The fraction of sp³-hybridized carbons (Fsp3) is 0.357. The van der Waals surface area contributed by atoms with Gasteiger partial charge in [0.1, 0.15) is 11.4 Å². The SMILES string of the molecule is CCC1CN(c2ccc(Nc3ncc4ccn(Cc5cc(OC)ccc5N(C)SC)c4n3)cc2)CCN1. The first kappa shape index (κ1) is 25.2. The molecule has 1 aliphatic heterocycles. The van der Waals surface area contributed by atoms with Crippen LogP contribution in [-0.2, 0) is 6.54 Å². The smallest absolute Gasteiger partial charge is 0.229 e. The van der Waals surface area contributed by atoms with E-state index in [1.54, 1.807) is 19.1 Å². The van der Waals surface area contributed by atoms with Crippen LogP contribution in [0.1, 0.15) is 18.9 Å². The summed E-state index contributed by atoms with van der Waals surface area (Å²) in [5, 5.41) is 7.97. The highest BCUT2D eigenvalue weighted by Crippen LogP contribution is 2.30.